The van der Waals surface area contributed by atoms with Crippen molar-refractivity contribution in [2.24, 2.45) is 5.92 Å². The lowest BCUT2D eigenvalue weighted by Gasteiger charge is -2.31. The SMILES string of the molecule is O=C(C1CC=CCC1c1nc2ccccc2s1)N1CCCNCC1. The molecule has 2 aromatic rings. The molecule has 1 fully saturated rings. The Morgan fingerprint density at radius 2 is 2.04 bits per heavy atom. The highest BCUT2D eigenvalue weighted by atomic mass is 32.1. The third kappa shape index (κ3) is 3.10. The van der Waals surface area contributed by atoms with E-state index in [1.807, 2.05) is 6.07 Å². The molecule has 2 aliphatic rings. The second-order valence-corrected chi connectivity index (χ2v) is 7.67. The molecule has 0 saturated carbocycles. The molecule has 1 aliphatic heterocycles. The van der Waals surface area contributed by atoms with E-state index in [1.54, 1.807) is 11.3 Å². The Hall–Kier alpha value is -1.72. The van der Waals surface area contributed by atoms with Crippen molar-refractivity contribution in [3.05, 3.63) is 41.4 Å². The lowest BCUT2D eigenvalue weighted by molar-refractivity contribution is -0.136. The Balaban J connectivity index is 1.60. The van der Waals surface area contributed by atoms with Gasteiger partial charge in [0, 0.05) is 25.6 Å². The van der Waals surface area contributed by atoms with Crippen molar-refractivity contribution in [2.75, 3.05) is 26.2 Å². The van der Waals surface area contributed by atoms with Crippen molar-refractivity contribution < 1.29 is 4.79 Å². The summed E-state index contributed by atoms with van der Waals surface area (Å²) in [5.74, 6) is 0.567. The Labute approximate surface area is 146 Å². The van der Waals surface area contributed by atoms with Gasteiger partial charge in [0.15, 0.2) is 0 Å². The Bertz CT molecular complexity index is 713. The first kappa shape index (κ1) is 15.8. The van der Waals surface area contributed by atoms with Crippen molar-refractivity contribution in [1.82, 2.24) is 15.2 Å². The molecule has 4 nitrogen and oxygen atoms in total. The van der Waals surface area contributed by atoms with Gasteiger partial charge in [0.25, 0.3) is 0 Å². The minimum atomic E-state index is 0.0358. The number of carbonyl (C=O) groups is 1. The van der Waals surface area contributed by atoms with E-state index in [2.05, 4.69) is 40.6 Å². The van der Waals surface area contributed by atoms with Gasteiger partial charge in [-0.2, -0.15) is 0 Å². The predicted molar refractivity (Wildman–Crippen MR) is 98.3 cm³/mol. The van der Waals surface area contributed by atoms with Crippen molar-refractivity contribution in [3.63, 3.8) is 0 Å². The first-order valence-electron chi connectivity index (χ1n) is 8.83. The minimum absolute atomic E-state index is 0.0358. The van der Waals surface area contributed by atoms with Crippen molar-refractivity contribution in [2.45, 2.75) is 25.2 Å². The molecule has 2 heterocycles. The number of rotatable bonds is 2. The van der Waals surface area contributed by atoms with Crippen LogP contribution in [0.5, 0.6) is 0 Å². The van der Waals surface area contributed by atoms with Crippen LogP contribution in [0, 0.1) is 5.92 Å². The normalized spacial score (nSPS) is 24.9. The van der Waals surface area contributed by atoms with Gasteiger partial charge in [-0.25, -0.2) is 4.98 Å². The Morgan fingerprint density at radius 1 is 1.17 bits per heavy atom. The van der Waals surface area contributed by atoms with Crippen LogP contribution in [0.1, 0.15) is 30.2 Å². The topological polar surface area (TPSA) is 45.2 Å². The monoisotopic (exact) mass is 341 g/mol. The average molecular weight is 341 g/mol. The van der Waals surface area contributed by atoms with Crippen LogP contribution in [0.2, 0.25) is 0 Å². The van der Waals surface area contributed by atoms with Gasteiger partial charge in [0.05, 0.1) is 21.1 Å². The zero-order chi connectivity index (χ0) is 16.4. The number of fused-ring (bicyclic) bond motifs is 1. The van der Waals surface area contributed by atoms with Crippen molar-refractivity contribution in [3.8, 4) is 0 Å². The fourth-order valence-electron chi connectivity index (χ4n) is 3.71. The quantitative estimate of drug-likeness (QED) is 0.854. The highest BCUT2D eigenvalue weighted by Crippen LogP contribution is 2.39. The van der Waals surface area contributed by atoms with Gasteiger partial charge in [0.2, 0.25) is 5.91 Å². The van der Waals surface area contributed by atoms with Crippen LogP contribution in [0.25, 0.3) is 10.2 Å². The molecule has 1 amide bonds. The maximum absolute atomic E-state index is 13.1. The minimum Gasteiger partial charge on any atom is -0.341 e. The predicted octanol–water partition coefficient (Wildman–Crippen LogP) is 3.17. The Morgan fingerprint density at radius 3 is 2.96 bits per heavy atom. The molecule has 0 spiro atoms. The van der Waals surface area contributed by atoms with Gasteiger partial charge in [0.1, 0.15) is 0 Å². The number of hydrogen-bond donors (Lipinski definition) is 1. The van der Waals surface area contributed by atoms with Gasteiger partial charge in [-0.3, -0.25) is 4.79 Å². The van der Waals surface area contributed by atoms with Crippen LogP contribution >= 0.6 is 11.3 Å². The molecule has 24 heavy (non-hydrogen) atoms. The third-order valence-electron chi connectivity index (χ3n) is 5.03. The van der Waals surface area contributed by atoms with Crippen LogP contribution in [-0.2, 0) is 4.79 Å². The number of thiazole rings is 1. The van der Waals surface area contributed by atoms with E-state index in [0.717, 1.165) is 56.0 Å². The molecule has 2 unspecified atom stereocenters. The lowest BCUT2D eigenvalue weighted by atomic mass is 9.82. The van der Waals surface area contributed by atoms with Crippen molar-refractivity contribution in [1.29, 1.82) is 0 Å². The van der Waals surface area contributed by atoms with Crippen LogP contribution in [0.3, 0.4) is 0 Å². The van der Waals surface area contributed by atoms with Gasteiger partial charge in [-0.15, -0.1) is 11.3 Å². The number of amides is 1. The van der Waals surface area contributed by atoms with E-state index >= 15 is 0 Å². The lowest BCUT2D eigenvalue weighted by Crippen LogP contribution is -2.40. The van der Waals surface area contributed by atoms with Gasteiger partial charge < -0.3 is 10.2 Å². The van der Waals surface area contributed by atoms with Gasteiger partial charge >= 0.3 is 0 Å². The number of benzene rings is 1. The third-order valence-corrected chi connectivity index (χ3v) is 6.20. The summed E-state index contributed by atoms with van der Waals surface area (Å²) in [7, 11) is 0. The van der Waals surface area contributed by atoms with Crippen LogP contribution in [0.4, 0.5) is 0 Å². The summed E-state index contributed by atoms with van der Waals surface area (Å²) in [6.45, 7) is 3.61. The first-order chi connectivity index (χ1) is 11.8. The standard InChI is InChI=1S/C19H23N3OS/c23-19(22-12-5-10-20-11-13-22)15-7-2-1-6-14(15)18-21-16-8-3-4-9-17(16)24-18/h1-4,8-9,14-15,20H,5-7,10-13H2. The second-order valence-electron chi connectivity index (χ2n) is 6.60. The van der Waals surface area contributed by atoms with Gasteiger partial charge in [-0.1, -0.05) is 24.3 Å². The summed E-state index contributed by atoms with van der Waals surface area (Å²) in [6.07, 6.45) is 7.18. The zero-order valence-corrected chi connectivity index (χ0v) is 14.6. The highest BCUT2D eigenvalue weighted by Gasteiger charge is 2.34. The van der Waals surface area contributed by atoms with Crippen LogP contribution in [0.15, 0.2) is 36.4 Å². The molecular weight excluding hydrogens is 318 g/mol. The molecule has 1 aliphatic carbocycles. The molecule has 1 N–H and O–H groups in total. The van der Waals surface area contributed by atoms with E-state index in [9.17, 15) is 4.79 Å². The number of allylic oxidation sites excluding steroid dienone is 2. The fourth-order valence-corrected chi connectivity index (χ4v) is 4.86. The molecule has 5 heteroatoms. The fraction of sp³-hybridized carbons (Fsp3) is 0.474. The molecule has 4 rings (SSSR count). The molecule has 2 atom stereocenters. The van der Waals surface area contributed by atoms with E-state index < -0.39 is 0 Å². The molecule has 126 valence electrons. The second kappa shape index (κ2) is 7.03. The number of nitrogens with zero attached hydrogens (tertiary/aromatic N) is 2. The molecular formula is C19H23N3OS. The molecule has 1 aromatic carbocycles. The number of aromatic nitrogens is 1. The largest absolute Gasteiger partial charge is 0.341 e. The van der Waals surface area contributed by atoms with Gasteiger partial charge in [-0.05, 0) is 37.9 Å². The summed E-state index contributed by atoms with van der Waals surface area (Å²) in [4.78, 5) is 20.0. The number of nitrogens with one attached hydrogen (secondary N) is 1. The zero-order valence-electron chi connectivity index (χ0n) is 13.8. The summed E-state index contributed by atoms with van der Waals surface area (Å²) < 4.78 is 1.22. The molecule has 1 saturated heterocycles. The molecule has 0 radical (unpaired) electrons. The number of carbonyl (C=O) groups excluding carboxylic acids is 1. The Kier molecular flexibility index (Phi) is 4.63. The van der Waals surface area contributed by atoms with E-state index in [-0.39, 0.29) is 11.8 Å². The molecule has 0 bridgehead atoms. The smallest absolute Gasteiger partial charge is 0.226 e. The number of hydrogen-bond acceptors (Lipinski definition) is 4. The average Bonchev–Trinajstić information content (AvgIpc) is 2.87. The van der Waals surface area contributed by atoms with Crippen molar-refractivity contribution >= 4 is 27.5 Å². The van der Waals surface area contributed by atoms with E-state index in [0.29, 0.717) is 5.91 Å². The maximum Gasteiger partial charge on any atom is 0.226 e. The van der Waals surface area contributed by atoms with E-state index in [1.165, 1.54) is 4.70 Å². The summed E-state index contributed by atoms with van der Waals surface area (Å²) >= 11 is 1.75. The van der Waals surface area contributed by atoms with E-state index in [4.69, 9.17) is 4.98 Å². The van der Waals surface area contributed by atoms with Crippen LogP contribution < -0.4 is 5.32 Å². The first-order valence-corrected chi connectivity index (χ1v) is 9.64. The number of para-hydroxylation sites is 1. The molecule has 1 aromatic heterocycles. The summed E-state index contributed by atoms with van der Waals surface area (Å²) in [5.41, 5.74) is 1.05. The maximum atomic E-state index is 13.1. The summed E-state index contributed by atoms with van der Waals surface area (Å²) in [6, 6.07) is 8.26. The van der Waals surface area contributed by atoms with Crippen LogP contribution in [-0.4, -0.2) is 42.0 Å². The summed E-state index contributed by atoms with van der Waals surface area (Å²) in [5, 5.41) is 4.49. The highest BCUT2D eigenvalue weighted by molar-refractivity contribution is 7.18.